The van der Waals surface area contributed by atoms with Gasteiger partial charge in [0.2, 0.25) is 0 Å². The number of nitrogens with two attached hydrogens (primary N) is 1. The smallest absolute Gasteiger partial charge is 0.416 e. The van der Waals surface area contributed by atoms with E-state index in [0.29, 0.717) is 5.39 Å². The quantitative estimate of drug-likeness (QED) is 0.773. The van der Waals surface area contributed by atoms with Gasteiger partial charge < -0.3 is 15.8 Å². The molecule has 2 aromatic rings. The van der Waals surface area contributed by atoms with Gasteiger partial charge >= 0.3 is 12.1 Å². The second kappa shape index (κ2) is 4.02. The van der Waals surface area contributed by atoms with Gasteiger partial charge in [-0.2, -0.15) is 13.2 Å². The minimum atomic E-state index is -4.44. The Morgan fingerprint density at radius 2 is 2.00 bits per heavy atom. The number of fused-ring (bicyclic) bond motifs is 1. The van der Waals surface area contributed by atoms with Gasteiger partial charge in [0.1, 0.15) is 6.04 Å². The van der Waals surface area contributed by atoms with Crippen LogP contribution < -0.4 is 5.73 Å². The number of aliphatic carboxylic acids is 1. The van der Waals surface area contributed by atoms with E-state index in [2.05, 4.69) is 4.98 Å². The van der Waals surface area contributed by atoms with Crippen LogP contribution in [-0.4, -0.2) is 16.1 Å². The molecule has 1 atom stereocenters. The Kier molecular flexibility index (Phi) is 2.78. The number of H-pyrrole nitrogens is 1. The number of carboxylic acid groups (broad SMARTS) is 1. The summed E-state index contributed by atoms with van der Waals surface area (Å²) in [5.74, 6) is -1.25. The zero-order valence-corrected chi connectivity index (χ0v) is 8.95. The molecule has 0 saturated heterocycles. The van der Waals surface area contributed by atoms with E-state index in [-0.39, 0.29) is 11.2 Å². The minimum absolute atomic E-state index is 0.164. The van der Waals surface area contributed by atoms with Gasteiger partial charge in [0.25, 0.3) is 0 Å². The fourth-order valence-corrected chi connectivity index (χ4v) is 1.63. The summed E-state index contributed by atoms with van der Waals surface area (Å²) in [4.78, 5) is 13.3. The summed E-state index contributed by atoms with van der Waals surface area (Å²) in [6, 6.07) is 3.27. The SMILES string of the molecule is NC(C(=O)O)c1cc2ccc(C(F)(F)F)cc2[nH]1. The van der Waals surface area contributed by atoms with Gasteiger partial charge in [-0.3, -0.25) is 4.79 Å². The van der Waals surface area contributed by atoms with E-state index in [4.69, 9.17) is 10.8 Å². The second-order valence-electron chi connectivity index (χ2n) is 3.84. The van der Waals surface area contributed by atoms with E-state index in [9.17, 15) is 18.0 Å². The molecule has 7 heteroatoms. The van der Waals surface area contributed by atoms with Crippen molar-refractivity contribution in [3.05, 3.63) is 35.5 Å². The summed E-state index contributed by atoms with van der Waals surface area (Å²) < 4.78 is 37.4. The van der Waals surface area contributed by atoms with Gasteiger partial charge in [0.05, 0.1) is 5.56 Å². The highest BCUT2D eigenvalue weighted by atomic mass is 19.4. The van der Waals surface area contributed by atoms with E-state index in [1.165, 1.54) is 12.1 Å². The summed E-state index contributed by atoms with van der Waals surface area (Å²) in [5.41, 5.74) is 4.94. The first-order valence-corrected chi connectivity index (χ1v) is 4.97. The highest BCUT2D eigenvalue weighted by Gasteiger charge is 2.30. The van der Waals surface area contributed by atoms with Crippen LogP contribution in [0.15, 0.2) is 24.3 Å². The molecule has 0 saturated carbocycles. The molecule has 1 unspecified atom stereocenters. The molecule has 96 valence electrons. The normalized spacial score (nSPS) is 13.8. The number of carboxylic acids is 1. The summed E-state index contributed by atoms with van der Waals surface area (Å²) in [5, 5.41) is 9.20. The minimum Gasteiger partial charge on any atom is -0.480 e. The molecule has 0 radical (unpaired) electrons. The van der Waals surface area contributed by atoms with Gasteiger partial charge in [-0.15, -0.1) is 0 Å². The molecular formula is C11H9F3N2O2. The first-order chi connectivity index (χ1) is 8.29. The van der Waals surface area contributed by atoms with Crippen molar-refractivity contribution >= 4 is 16.9 Å². The molecular weight excluding hydrogens is 249 g/mol. The Morgan fingerprint density at radius 1 is 1.33 bits per heavy atom. The fourth-order valence-electron chi connectivity index (χ4n) is 1.63. The Bertz CT molecular complexity index is 604. The molecule has 4 N–H and O–H groups in total. The van der Waals surface area contributed by atoms with Gasteiger partial charge in [0, 0.05) is 11.2 Å². The Balaban J connectivity index is 2.49. The third-order valence-electron chi connectivity index (χ3n) is 2.57. The number of hydrogen-bond donors (Lipinski definition) is 3. The Morgan fingerprint density at radius 3 is 2.56 bits per heavy atom. The molecule has 0 spiro atoms. The molecule has 0 fully saturated rings. The topological polar surface area (TPSA) is 79.1 Å². The summed E-state index contributed by atoms with van der Waals surface area (Å²) >= 11 is 0. The highest BCUT2D eigenvalue weighted by Crippen LogP contribution is 2.31. The van der Waals surface area contributed by atoms with E-state index in [0.717, 1.165) is 12.1 Å². The van der Waals surface area contributed by atoms with Crippen LogP contribution in [0.4, 0.5) is 13.2 Å². The van der Waals surface area contributed by atoms with Crippen LogP contribution >= 0.6 is 0 Å². The lowest BCUT2D eigenvalue weighted by atomic mass is 10.1. The monoisotopic (exact) mass is 258 g/mol. The van der Waals surface area contributed by atoms with Crippen LogP contribution in [0.5, 0.6) is 0 Å². The number of aromatic nitrogens is 1. The number of hydrogen-bond acceptors (Lipinski definition) is 2. The molecule has 18 heavy (non-hydrogen) atoms. The standard InChI is InChI=1S/C11H9F3N2O2/c12-11(13,14)6-2-1-5-3-8(9(15)10(17)18)16-7(5)4-6/h1-4,9,16H,15H2,(H,17,18). The molecule has 1 heterocycles. The van der Waals surface area contributed by atoms with Crippen molar-refractivity contribution in [2.75, 3.05) is 0 Å². The predicted octanol–water partition coefficient (Wildman–Crippen LogP) is 2.27. The number of rotatable bonds is 2. The van der Waals surface area contributed by atoms with E-state index in [1.807, 2.05) is 0 Å². The van der Waals surface area contributed by atoms with Gasteiger partial charge in [-0.1, -0.05) is 6.07 Å². The van der Waals surface area contributed by atoms with Crippen molar-refractivity contribution in [1.82, 2.24) is 4.98 Å². The number of alkyl halides is 3. The lowest BCUT2D eigenvalue weighted by molar-refractivity contribution is -0.139. The molecule has 0 aliphatic heterocycles. The average Bonchev–Trinajstić information content (AvgIpc) is 2.68. The maximum Gasteiger partial charge on any atom is 0.416 e. The number of nitrogens with one attached hydrogen (secondary N) is 1. The third kappa shape index (κ3) is 2.17. The molecule has 2 rings (SSSR count). The predicted molar refractivity (Wildman–Crippen MR) is 57.9 cm³/mol. The van der Waals surface area contributed by atoms with Crippen molar-refractivity contribution in [3.8, 4) is 0 Å². The maximum absolute atomic E-state index is 12.5. The molecule has 0 bridgehead atoms. The van der Waals surface area contributed by atoms with Crippen LogP contribution in [0.25, 0.3) is 10.9 Å². The third-order valence-corrected chi connectivity index (χ3v) is 2.57. The first-order valence-electron chi connectivity index (χ1n) is 4.97. The average molecular weight is 258 g/mol. The molecule has 0 amide bonds. The van der Waals surface area contributed by atoms with Crippen molar-refractivity contribution in [1.29, 1.82) is 0 Å². The van der Waals surface area contributed by atoms with Crippen molar-refractivity contribution in [2.45, 2.75) is 12.2 Å². The van der Waals surface area contributed by atoms with Crippen molar-refractivity contribution in [2.24, 2.45) is 5.73 Å². The van der Waals surface area contributed by atoms with E-state index in [1.54, 1.807) is 0 Å². The fraction of sp³-hybridized carbons (Fsp3) is 0.182. The van der Waals surface area contributed by atoms with Crippen LogP contribution in [0, 0.1) is 0 Å². The summed E-state index contributed by atoms with van der Waals surface area (Å²) in [6.07, 6.45) is -4.44. The molecule has 1 aromatic carbocycles. The van der Waals surface area contributed by atoms with Gasteiger partial charge in [-0.05, 0) is 23.6 Å². The van der Waals surface area contributed by atoms with Gasteiger partial charge in [0.15, 0.2) is 0 Å². The molecule has 1 aromatic heterocycles. The molecule has 0 aliphatic rings. The molecule has 0 aliphatic carbocycles. The number of halogens is 3. The Labute approximate surface area is 99.2 Å². The summed E-state index contributed by atoms with van der Waals surface area (Å²) in [7, 11) is 0. The van der Waals surface area contributed by atoms with Crippen LogP contribution in [0.2, 0.25) is 0 Å². The van der Waals surface area contributed by atoms with Crippen LogP contribution in [-0.2, 0) is 11.0 Å². The second-order valence-corrected chi connectivity index (χ2v) is 3.84. The summed E-state index contributed by atoms with van der Waals surface area (Å²) in [6.45, 7) is 0. The lowest BCUT2D eigenvalue weighted by Gasteiger charge is -2.05. The zero-order chi connectivity index (χ0) is 13.5. The molecule has 4 nitrogen and oxygen atoms in total. The van der Waals surface area contributed by atoms with Crippen LogP contribution in [0.1, 0.15) is 17.3 Å². The van der Waals surface area contributed by atoms with Crippen molar-refractivity contribution < 1.29 is 23.1 Å². The van der Waals surface area contributed by atoms with Crippen molar-refractivity contribution in [3.63, 3.8) is 0 Å². The zero-order valence-electron chi connectivity index (χ0n) is 8.95. The Hall–Kier alpha value is -2.02. The lowest BCUT2D eigenvalue weighted by Crippen LogP contribution is -2.20. The number of carbonyl (C=O) groups is 1. The van der Waals surface area contributed by atoms with Gasteiger partial charge in [-0.25, -0.2) is 0 Å². The largest absolute Gasteiger partial charge is 0.480 e. The number of benzene rings is 1. The maximum atomic E-state index is 12.5. The first kappa shape index (κ1) is 12.4. The van der Waals surface area contributed by atoms with E-state index >= 15 is 0 Å². The highest BCUT2D eigenvalue weighted by molar-refractivity contribution is 5.84. The van der Waals surface area contributed by atoms with Crippen LogP contribution in [0.3, 0.4) is 0 Å². The number of aromatic amines is 1. The van der Waals surface area contributed by atoms with E-state index < -0.39 is 23.8 Å².